The number of ether oxygens (including phenoxy) is 1. The van der Waals surface area contributed by atoms with Crippen LogP contribution in [-0.2, 0) is 4.74 Å². The number of esters is 1. The Hall–Kier alpha value is -2.99. The van der Waals surface area contributed by atoms with E-state index in [2.05, 4.69) is 4.98 Å². The van der Waals surface area contributed by atoms with Crippen molar-refractivity contribution in [3.05, 3.63) is 77.5 Å². The first-order chi connectivity index (χ1) is 15.1. The van der Waals surface area contributed by atoms with Crippen LogP contribution in [0.15, 0.2) is 55.0 Å². The molecule has 6 heteroatoms. The molecule has 0 amide bonds. The van der Waals surface area contributed by atoms with Gasteiger partial charge in [0.1, 0.15) is 11.9 Å². The Morgan fingerprint density at radius 3 is 2.71 bits per heavy atom. The lowest BCUT2D eigenvalue weighted by molar-refractivity contribution is 0.0211. The molecule has 0 radical (unpaired) electrons. The minimum absolute atomic E-state index is 0.00761. The largest absolute Gasteiger partial charge is 0.459 e. The lowest BCUT2D eigenvalue weighted by atomic mass is 9.95. The molecule has 1 aliphatic heterocycles. The van der Waals surface area contributed by atoms with E-state index in [1.54, 1.807) is 42.9 Å². The van der Waals surface area contributed by atoms with Crippen LogP contribution in [0.3, 0.4) is 0 Å². The highest BCUT2D eigenvalue weighted by molar-refractivity contribution is 5.89. The van der Waals surface area contributed by atoms with E-state index in [1.165, 1.54) is 12.5 Å². The zero-order valence-corrected chi connectivity index (χ0v) is 17.2. The Labute approximate surface area is 180 Å². The number of aliphatic hydroxyl groups excluding tert-OH is 1. The van der Waals surface area contributed by atoms with Crippen molar-refractivity contribution in [2.45, 2.75) is 56.8 Å². The minimum atomic E-state index is -0.811. The number of hydrogen-bond donors (Lipinski definition) is 1. The molecule has 3 aromatic rings. The van der Waals surface area contributed by atoms with E-state index in [0.29, 0.717) is 23.1 Å². The summed E-state index contributed by atoms with van der Waals surface area (Å²) in [6, 6.07) is 11.6. The van der Waals surface area contributed by atoms with Crippen LogP contribution in [0.2, 0.25) is 0 Å². The number of nitrogens with zero attached hydrogens (tertiary/aromatic N) is 2. The SMILES string of the molecule is O=C(OC1CCCCC1)c1ccc(C(O)CC2c3c(F)cccc3-c3cncn32)cc1. The Balaban J connectivity index is 1.30. The number of imidazole rings is 1. The van der Waals surface area contributed by atoms with Crippen molar-refractivity contribution in [3.8, 4) is 11.3 Å². The van der Waals surface area contributed by atoms with Gasteiger partial charge in [-0.05, 0) is 49.4 Å². The molecular weight excluding hydrogens is 395 g/mol. The Bertz CT molecular complexity index is 1090. The summed E-state index contributed by atoms with van der Waals surface area (Å²) < 4.78 is 22.1. The minimum Gasteiger partial charge on any atom is -0.459 e. The summed E-state index contributed by atoms with van der Waals surface area (Å²) in [5.74, 6) is -0.595. The molecule has 2 aliphatic rings. The summed E-state index contributed by atoms with van der Waals surface area (Å²) >= 11 is 0. The fraction of sp³-hybridized carbons (Fsp3) is 0.360. The maximum atomic E-state index is 14.6. The Kier molecular flexibility index (Phi) is 5.32. The van der Waals surface area contributed by atoms with Gasteiger partial charge in [-0.15, -0.1) is 0 Å². The van der Waals surface area contributed by atoms with Crippen LogP contribution in [0.5, 0.6) is 0 Å². The molecule has 2 aromatic carbocycles. The smallest absolute Gasteiger partial charge is 0.338 e. The molecule has 0 saturated heterocycles. The predicted octanol–water partition coefficient (Wildman–Crippen LogP) is 5.21. The van der Waals surface area contributed by atoms with Crippen LogP contribution in [0.1, 0.15) is 72.2 Å². The summed E-state index contributed by atoms with van der Waals surface area (Å²) in [6.45, 7) is 0. The predicted molar refractivity (Wildman–Crippen MR) is 114 cm³/mol. The third-order valence-corrected chi connectivity index (χ3v) is 6.47. The van der Waals surface area contributed by atoms with E-state index < -0.39 is 6.10 Å². The molecule has 2 heterocycles. The number of carbonyl (C=O) groups is 1. The second-order valence-electron chi connectivity index (χ2n) is 8.44. The molecule has 160 valence electrons. The average Bonchev–Trinajstić information content (AvgIpc) is 3.38. The number of rotatable bonds is 5. The van der Waals surface area contributed by atoms with Gasteiger partial charge in [0, 0.05) is 17.5 Å². The van der Waals surface area contributed by atoms with E-state index in [-0.39, 0.29) is 23.9 Å². The standard InChI is InChI=1S/C25H25FN2O3/c26-20-8-4-7-19-22-14-27-15-28(22)21(24(19)20)13-23(29)16-9-11-17(12-10-16)25(30)31-18-5-2-1-3-6-18/h4,7-12,14-15,18,21,23,29H,1-3,5-6,13H2. The van der Waals surface area contributed by atoms with Gasteiger partial charge in [-0.25, -0.2) is 14.2 Å². The van der Waals surface area contributed by atoms with Crippen LogP contribution >= 0.6 is 0 Å². The van der Waals surface area contributed by atoms with Gasteiger partial charge in [-0.3, -0.25) is 0 Å². The highest BCUT2D eigenvalue weighted by atomic mass is 19.1. The fourth-order valence-corrected chi connectivity index (χ4v) is 4.82. The molecule has 1 aliphatic carbocycles. The zero-order valence-electron chi connectivity index (χ0n) is 17.2. The first-order valence-electron chi connectivity index (χ1n) is 10.9. The van der Waals surface area contributed by atoms with E-state index in [1.807, 2.05) is 10.6 Å². The highest BCUT2D eigenvalue weighted by Crippen LogP contribution is 2.44. The topological polar surface area (TPSA) is 64.3 Å². The van der Waals surface area contributed by atoms with Crippen molar-refractivity contribution < 1.29 is 19.0 Å². The van der Waals surface area contributed by atoms with Crippen molar-refractivity contribution in [1.29, 1.82) is 0 Å². The molecule has 1 N–H and O–H groups in total. The van der Waals surface area contributed by atoms with Gasteiger partial charge in [0.15, 0.2) is 0 Å². The van der Waals surface area contributed by atoms with E-state index >= 15 is 0 Å². The number of benzene rings is 2. The maximum absolute atomic E-state index is 14.6. The second kappa shape index (κ2) is 8.27. The van der Waals surface area contributed by atoms with Gasteiger partial charge < -0.3 is 14.4 Å². The third kappa shape index (κ3) is 3.76. The summed E-state index contributed by atoms with van der Waals surface area (Å²) in [5, 5.41) is 10.9. The average molecular weight is 420 g/mol. The molecule has 31 heavy (non-hydrogen) atoms. The van der Waals surface area contributed by atoms with Crippen molar-refractivity contribution in [1.82, 2.24) is 9.55 Å². The molecule has 0 spiro atoms. The van der Waals surface area contributed by atoms with Crippen LogP contribution in [0.25, 0.3) is 11.3 Å². The normalized spacial score (nSPS) is 19.0. The summed E-state index contributed by atoms with van der Waals surface area (Å²) in [4.78, 5) is 16.6. The van der Waals surface area contributed by atoms with Gasteiger partial charge >= 0.3 is 5.97 Å². The van der Waals surface area contributed by atoms with Gasteiger partial charge in [-0.1, -0.05) is 30.7 Å². The first-order valence-corrected chi connectivity index (χ1v) is 10.9. The highest BCUT2D eigenvalue weighted by Gasteiger charge is 2.33. The second-order valence-corrected chi connectivity index (χ2v) is 8.44. The maximum Gasteiger partial charge on any atom is 0.338 e. The van der Waals surface area contributed by atoms with Crippen LogP contribution in [0, 0.1) is 5.82 Å². The third-order valence-electron chi connectivity index (χ3n) is 6.47. The quantitative estimate of drug-likeness (QED) is 0.576. The van der Waals surface area contributed by atoms with E-state index in [0.717, 1.165) is 36.9 Å². The molecule has 2 atom stereocenters. The van der Waals surface area contributed by atoms with Gasteiger partial charge in [-0.2, -0.15) is 0 Å². The molecule has 1 saturated carbocycles. The van der Waals surface area contributed by atoms with Crippen molar-refractivity contribution >= 4 is 5.97 Å². The van der Waals surface area contributed by atoms with Gasteiger partial charge in [0.05, 0.1) is 35.9 Å². The van der Waals surface area contributed by atoms with Crippen LogP contribution in [-0.4, -0.2) is 26.7 Å². The number of halogens is 1. The number of hydrogen-bond acceptors (Lipinski definition) is 4. The number of aliphatic hydroxyl groups is 1. The number of fused-ring (bicyclic) bond motifs is 3. The molecule has 5 nitrogen and oxygen atoms in total. The monoisotopic (exact) mass is 420 g/mol. The molecule has 0 bridgehead atoms. The lowest BCUT2D eigenvalue weighted by Crippen LogP contribution is -2.20. The van der Waals surface area contributed by atoms with Crippen molar-refractivity contribution in [3.63, 3.8) is 0 Å². The zero-order chi connectivity index (χ0) is 21.4. The molecule has 1 fully saturated rings. The van der Waals surface area contributed by atoms with Gasteiger partial charge in [0.25, 0.3) is 0 Å². The van der Waals surface area contributed by atoms with Gasteiger partial charge in [0.2, 0.25) is 0 Å². The summed E-state index contributed by atoms with van der Waals surface area (Å²) in [6.07, 6.45) is 8.17. The van der Waals surface area contributed by atoms with Crippen molar-refractivity contribution in [2.24, 2.45) is 0 Å². The molecule has 5 rings (SSSR count). The summed E-state index contributed by atoms with van der Waals surface area (Å²) in [5.41, 5.74) is 3.42. The van der Waals surface area contributed by atoms with Crippen LogP contribution < -0.4 is 0 Å². The number of aromatic nitrogens is 2. The van der Waals surface area contributed by atoms with Crippen molar-refractivity contribution in [2.75, 3.05) is 0 Å². The molecular formula is C25H25FN2O3. The fourth-order valence-electron chi connectivity index (χ4n) is 4.82. The summed E-state index contributed by atoms with van der Waals surface area (Å²) in [7, 11) is 0. The van der Waals surface area contributed by atoms with Crippen LogP contribution in [0.4, 0.5) is 4.39 Å². The number of carbonyl (C=O) groups excluding carboxylic acids is 1. The van der Waals surface area contributed by atoms with E-state index in [9.17, 15) is 14.3 Å². The Morgan fingerprint density at radius 1 is 1.16 bits per heavy atom. The van der Waals surface area contributed by atoms with E-state index in [4.69, 9.17) is 4.74 Å². The molecule has 1 aromatic heterocycles. The first kappa shape index (κ1) is 19.9. The lowest BCUT2D eigenvalue weighted by Gasteiger charge is -2.22. The Morgan fingerprint density at radius 2 is 1.94 bits per heavy atom. The molecule has 2 unspecified atom stereocenters.